The monoisotopic (exact) mass is 320 g/mol. The molecule has 4 nitrogen and oxygen atoms in total. The molecule has 2 fully saturated rings. The molecule has 2 saturated heterocycles. The minimum atomic E-state index is -0.422. The molecular formula is C17H21ClN2O2. The molecular weight excluding hydrogens is 300 g/mol. The Labute approximate surface area is 136 Å². The van der Waals surface area contributed by atoms with E-state index in [0.717, 1.165) is 12.2 Å². The summed E-state index contributed by atoms with van der Waals surface area (Å²) in [6, 6.07) is 8.64. The third-order valence-electron chi connectivity index (χ3n) is 4.74. The first-order chi connectivity index (χ1) is 10.6. The maximum atomic E-state index is 12.0. The molecule has 2 aliphatic heterocycles. The Morgan fingerprint density at radius 2 is 1.86 bits per heavy atom. The van der Waals surface area contributed by atoms with E-state index >= 15 is 0 Å². The van der Waals surface area contributed by atoms with E-state index in [1.54, 1.807) is 4.90 Å². The second kappa shape index (κ2) is 6.29. The van der Waals surface area contributed by atoms with Crippen LogP contribution < -0.4 is 9.80 Å². The number of hydrogen-bond acceptors (Lipinski definition) is 3. The van der Waals surface area contributed by atoms with Gasteiger partial charge in [-0.15, -0.1) is 0 Å². The number of rotatable bonds is 3. The number of nitrogens with zero attached hydrogens (tertiary/aromatic N) is 2. The normalized spacial score (nSPS) is 25.6. The van der Waals surface area contributed by atoms with Gasteiger partial charge in [0.1, 0.15) is 0 Å². The second-order valence-corrected chi connectivity index (χ2v) is 6.64. The third kappa shape index (κ3) is 2.98. The van der Waals surface area contributed by atoms with Crippen LogP contribution in [0.15, 0.2) is 24.3 Å². The summed E-state index contributed by atoms with van der Waals surface area (Å²) in [6.07, 6.45) is 3.97. The van der Waals surface area contributed by atoms with Crippen LogP contribution in [0, 0.1) is 5.92 Å². The van der Waals surface area contributed by atoms with Crippen molar-refractivity contribution >= 4 is 34.1 Å². The lowest BCUT2D eigenvalue weighted by atomic mass is 10.0. The molecule has 2 heterocycles. The second-order valence-electron chi connectivity index (χ2n) is 6.26. The van der Waals surface area contributed by atoms with Crippen molar-refractivity contribution in [3.8, 4) is 0 Å². The molecule has 1 aromatic carbocycles. The number of piperidine rings is 1. The Bertz CT molecular complexity index is 573. The van der Waals surface area contributed by atoms with Crippen LogP contribution in [0.4, 0.5) is 11.4 Å². The van der Waals surface area contributed by atoms with Gasteiger partial charge in [0.2, 0.25) is 11.1 Å². The SMILES string of the molecule is C[C@@H]1CCCCN1c1ccc(N2C[C@@H](C(=O)Cl)CC2=O)cc1. The average molecular weight is 321 g/mol. The number of carbonyl (C=O) groups excluding carboxylic acids is 2. The first-order valence-corrected chi connectivity index (χ1v) is 8.30. The molecule has 0 radical (unpaired) electrons. The fourth-order valence-corrected chi connectivity index (χ4v) is 3.56. The summed E-state index contributed by atoms with van der Waals surface area (Å²) in [4.78, 5) is 27.4. The molecule has 0 bridgehead atoms. The van der Waals surface area contributed by atoms with Gasteiger partial charge in [0, 0.05) is 36.9 Å². The molecule has 0 unspecified atom stereocenters. The van der Waals surface area contributed by atoms with Crippen LogP contribution in [-0.4, -0.2) is 30.3 Å². The van der Waals surface area contributed by atoms with E-state index < -0.39 is 5.24 Å². The third-order valence-corrected chi connectivity index (χ3v) is 5.05. The standard InChI is InChI=1S/C17H21ClN2O2/c1-12-4-2-3-9-19(12)14-5-7-15(8-6-14)20-11-13(17(18)22)10-16(20)21/h5-8,12-13H,2-4,9-11H2,1H3/t12-,13+/m1/s1. The molecule has 2 atom stereocenters. The van der Waals surface area contributed by atoms with Crippen LogP contribution in [0.3, 0.4) is 0 Å². The van der Waals surface area contributed by atoms with E-state index in [1.807, 2.05) is 12.1 Å². The molecule has 0 spiro atoms. The van der Waals surface area contributed by atoms with Gasteiger partial charge in [0.25, 0.3) is 0 Å². The van der Waals surface area contributed by atoms with E-state index in [0.29, 0.717) is 12.6 Å². The lowest BCUT2D eigenvalue weighted by Crippen LogP contribution is -2.37. The number of benzene rings is 1. The van der Waals surface area contributed by atoms with Crippen molar-refractivity contribution < 1.29 is 9.59 Å². The Balaban J connectivity index is 1.74. The van der Waals surface area contributed by atoms with Gasteiger partial charge in [-0.25, -0.2) is 0 Å². The van der Waals surface area contributed by atoms with Crippen molar-refractivity contribution in [1.82, 2.24) is 0 Å². The fraction of sp³-hybridized carbons (Fsp3) is 0.529. The molecule has 22 heavy (non-hydrogen) atoms. The highest BCUT2D eigenvalue weighted by Gasteiger charge is 2.34. The summed E-state index contributed by atoms with van der Waals surface area (Å²) >= 11 is 5.52. The highest BCUT2D eigenvalue weighted by Crippen LogP contribution is 2.30. The van der Waals surface area contributed by atoms with E-state index in [2.05, 4.69) is 24.0 Å². The molecule has 5 heteroatoms. The summed E-state index contributed by atoms with van der Waals surface area (Å²) in [7, 11) is 0. The Morgan fingerprint density at radius 3 is 2.45 bits per heavy atom. The minimum absolute atomic E-state index is 0.0295. The largest absolute Gasteiger partial charge is 0.369 e. The Kier molecular flexibility index (Phi) is 4.39. The average Bonchev–Trinajstić information content (AvgIpc) is 2.90. The van der Waals surface area contributed by atoms with Crippen molar-refractivity contribution in [2.24, 2.45) is 5.92 Å². The van der Waals surface area contributed by atoms with Crippen LogP contribution in [0.5, 0.6) is 0 Å². The van der Waals surface area contributed by atoms with Crippen LogP contribution in [0.1, 0.15) is 32.6 Å². The van der Waals surface area contributed by atoms with Gasteiger partial charge < -0.3 is 9.80 Å². The molecule has 0 aliphatic carbocycles. The first kappa shape index (κ1) is 15.3. The molecule has 0 N–H and O–H groups in total. The van der Waals surface area contributed by atoms with Gasteiger partial charge in [0.05, 0.1) is 5.92 Å². The van der Waals surface area contributed by atoms with E-state index in [-0.39, 0.29) is 18.2 Å². The molecule has 3 rings (SSSR count). The van der Waals surface area contributed by atoms with Crippen molar-refractivity contribution in [3.05, 3.63) is 24.3 Å². The quantitative estimate of drug-likeness (QED) is 0.803. The summed E-state index contributed by atoms with van der Waals surface area (Å²) < 4.78 is 0. The lowest BCUT2D eigenvalue weighted by Gasteiger charge is -2.35. The Hall–Kier alpha value is -1.55. The summed E-state index contributed by atoms with van der Waals surface area (Å²) in [5.41, 5.74) is 2.05. The zero-order chi connectivity index (χ0) is 15.7. The zero-order valence-corrected chi connectivity index (χ0v) is 13.6. The van der Waals surface area contributed by atoms with Crippen LogP contribution >= 0.6 is 11.6 Å². The number of anilines is 2. The maximum absolute atomic E-state index is 12.0. The van der Waals surface area contributed by atoms with Crippen molar-refractivity contribution in [2.75, 3.05) is 22.9 Å². The topological polar surface area (TPSA) is 40.6 Å². The van der Waals surface area contributed by atoms with Crippen molar-refractivity contribution in [2.45, 2.75) is 38.6 Å². The van der Waals surface area contributed by atoms with Crippen molar-refractivity contribution in [3.63, 3.8) is 0 Å². The zero-order valence-electron chi connectivity index (χ0n) is 12.8. The molecule has 118 valence electrons. The Morgan fingerprint density at radius 1 is 1.18 bits per heavy atom. The van der Waals surface area contributed by atoms with Gasteiger partial charge in [0.15, 0.2) is 0 Å². The van der Waals surface area contributed by atoms with Crippen LogP contribution in [0.25, 0.3) is 0 Å². The van der Waals surface area contributed by atoms with E-state index in [9.17, 15) is 9.59 Å². The van der Waals surface area contributed by atoms with Gasteiger partial charge >= 0.3 is 0 Å². The van der Waals surface area contributed by atoms with Crippen molar-refractivity contribution in [1.29, 1.82) is 0 Å². The summed E-state index contributed by atoms with van der Waals surface area (Å²) in [5, 5.41) is -0.422. The van der Waals surface area contributed by atoms with Crippen LogP contribution in [-0.2, 0) is 9.59 Å². The predicted octanol–water partition coefficient (Wildman–Crippen LogP) is 3.18. The van der Waals surface area contributed by atoms with Gasteiger partial charge in [-0.05, 0) is 62.1 Å². The highest BCUT2D eigenvalue weighted by atomic mass is 35.5. The number of halogens is 1. The highest BCUT2D eigenvalue weighted by molar-refractivity contribution is 6.64. The van der Waals surface area contributed by atoms with Gasteiger partial charge in [-0.2, -0.15) is 0 Å². The van der Waals surface area contributed by atoms with E-state index in [4.69, 9.17) is 11.6 Å². The molecule has 0 aromatic heterocycles. The van der Waals surface area contributed by atoms with Crippen LogP contribution in [0.2, 0.25) is 0 Å². The minimum Gasteiger partial charge on any atom is -0.369 e. The molecule has 2 aliphatic rings. The number of amides is 1. The summed E-state index contributed by atoms with van der Waals surface area (Å²) in [5.74, 6) is -0.408. The first-order valence-electron chi connectivity index (χ1n) is 7.92. The van der Waals surface area contributed by atoms with Gasteiger partial charge in [-0.3, -0.25) is 9.59 Å². The summed E-state index contributed by atoms with van der Waals surface area (Å²) in [6.45, 7) is 3.74. The predicted molar refractivity (Wildman–Crippen MR) is 88.4 cm³/mol. The smallest absolute Gasteiger partial charge is 0.227 e. The number of hydrogen-bond donors (Lipinski definition) is 0. The fourth-order valence-electron chi connectivity index (χ4n) is 3.41. The van der Waals surface area contributed by atoms with E-state index in [1.165, 1.54) is 24.9 Å². The maximum Gasteiger partial charge on any atom is 0.227 e. The molecule has 0 saturated carbocycles. The lowest BCUT2D eigenvalue weighted by molar-refractivity contribution is -0.120. The van der Waals surface area contributed by atoms with Gasteiger partial charge in [-0.1, -0.05) is 0 Å². The molecule has 1 aromatic rings. The molecule has 1 amide bonds. The number of carbonyl (C=O) groups is 2.